The van der Waals surface area contributed by atoms with E-state index in [2.05, 4.69) is 72.9 Å². The monoisotopic (exact) mass is 431 g/mol. The number of rotatable bonds is 14. The van der Waals surface area contributed by atoms with E-state index in [1.165, 1.54) is 89.9 Å². The highest BCUT2D eigenvalue weighted by Gasteiger charge is 1.83. The Kier molecular flexibility index (Phi) is 74.7. The summed E-state index contributed by atoms with van der Waals surface area (Å²) in [6, 6.07) is 0. The first-order chi connectivity index (χ1) is 14.6. The average Bonchev–Trinajstić information content (AvgIpc) is 2.79. The van der Waals surface area contributed by atoms with Gasteiger partial charge in [0.25, 0.3) is 0 Å². The van der Waals surface area contributed by atoms with E-state index in [-0.39, 0.29) is 6.61 Å². The molecule has 0 aromatic carbocycles. The molecule has 0 heterocycles. The number of carbonyl (C=O) groups is 1. The third kappa shape index (κ3) is 92.7. The summed E-state index contributed by atoms with van der Waals surface area (Å²) in [4.78, 5) is 9.34. The molecule has 30 heavy (non-hydrogen) atoms. The quantitative estimate of drug-likeness (QED) is 0.164. The van der Waals surface area contributed by atoms with Crippen molar-refractivity contribution < 1.29 is 9.90 Å². The maximum absolute atomic E-state index is 9.34. The van der Waals surface area contributed by atoms with E-state index in [0.29, 0.717) is 13.0 Å². The van der Waals surface area contributed by atoms with Crippen molar-refractivity contribution in [3.63, 3.8) is 0 Å². The highest BCUT2D eigenvalue weighted by atomic mass is 16.3. The van der Waals surface area contributed by atoms with Crippen molar-refractivity contribution in [2.24, 2.45) is 0 Å². The fourth-order valence-corrected chi connectivity index (χ4v) is 1.81. The average molecular weight is 432 g/mol. The van der Waals surface area contributed by atoms with E-state index in [1.807, 2.05) is 0 Å². The topological polar surface area (TPSA) is 49.3 Å². The molecule has 186 valence electrons. The number of hydrogen-bond donors (Lipinski definition) is 2. The lowest BCUT2D eigenvalue weighted by Gasteiger charge is -1.93. The van der Waals surface area contributed by atoms with E-state index in [9.17, 15) is 4.79 Å². The van der Waals surface area contributed by atoms with Gasteiger partial charge >= 0.3 is 0 Å². The summed E-state index contributed by atoms with van der Waals surface area (Å²) in [5.74, 6) is 0. The third-order valence-electron chi connectivity index (χ3n) is 3.89. The van der Waals surface area contributed by atoms with Crippen molar-refractivity contribution in [1.82, 2.24) is 5.32 Å². The van der Waals surface area contributed by atoms with Crippen LogP contribution in [0.2, 0.25) is 0 Å². The smallest absolute Gasteiger partial charge is 0.207 e. The first-order valence-corrected chi connectivity index (χ1v) is 13.0. The Morgan fingerprint density at radius 2 is 0.900 bits per heavy atom. The Bertz CT molecular complexity index is 225. The predicted molar refractivity (Wildman–Crippen MR) is 140 cm³/mol. The minimum Gasteiger partial charge on any atom is -0.395 e. The molecule has 0 saturated carbocycles. The summed E-state index contributed by atoms with van der Waals surface area (Å²) < 4.78 is 0. The molecule has 0 spiro atoms. The van der Waals surface area contributed by atoms with Gasteiger partial charge in [0.1, 0.15) is 0 Å². The Balaban J connectivity index is -0.0000000882. The van der Waals surface area contributed by atoms with Gasteiger partial charge in [0.2, 0.25) is 6.41 Å². The number of hydrogen-bond acceptors (Lipinski definition) is 2. The van der Waals surface area contributed by atoms with Crippen LogP contribution in [0.1, 0.15) is 145 Å². The lowest BCUT2D eigenvalue weighted by molar-refractivity contribution is -0.109. The molecule has 0 atom stereocenters. The van der Waals surface area contributed by atoms with Crippen LogP contribution >= 0.6 is 0 Å². The molecular formula is C27H61NO2. The van der Waals surface area contributed by atoms with E-state index < -0.39 is 0 Å². The Labute approximate surface area is 192 Å². The molecule has 1 amide bonds. The first-order valence-electron chi connectivity index (χ1n) is 13.0. The van der Waals surface area contributed by atoms with Crippen molar-refractivity contribution in [2.75, 3.05) is 13.2 Å². The summed E-state index contributed by atoms with van der Waals surface area (Å²) in [5, 5.41) is 10.2. The molecule has 0 unspecified atom stereocenters. The van der Waals surface area contributed by atoms with Crippen LogP contribution in [-0.4, -0.2) is 24.7 Å². The predicted octanol–water partition coefficient (Wildman–Crippen LogP) is 8.85. The van der Waals surface area contributed by atoms with Crippen LogP contribution in [0.15, 0.2) is 12.2 Å². The maximum atomic E-state index is 9.34. The maximum Gasteiger partial charge on any atom is 0.207 e. The van der Waals surface area contributed by atoms with Gasteiger partial charge in [0, 0.05) is 6.54 Å². The lowest BCUT2D eigenvalue weighted by atomic mass is 10.1. The fourth-order valence-electron chi connectivity index (χ4n) is 1.81. The standard InChI is InChI=1S/C8H18.C6H14.C6H12.C4H10.C3H7NO2/c1-3-5-7-8-6-4-2;2*1-3-5-6-4-2;1-3-4-2;5-2-1-4-3-6/h3-8H2,1-2H3;3-6H2,1-2H3;5-6H,3-4H2,1-2H3;3-4H2,1-2H3;3,5H,1-2H2,(H,4,6)/b;;6-5-;;. The van der Waals surface area contributed by atoms with Crippen LogP contribution in [0.25, 0.3) is 0 Å². The van der Waals surface area contributed by atoms with E-state index in [0.717, 1.165) is 0 Å². The second-order valence-corrected chi connectivity index (χ2v) is 7.20. The van der Waals surface area contributed by atoms with Gasteiger partial charge in [0.05, 0.1) is 6.61 Å². The van der Waals surface area contributed by atoms with Gasteiger partial charge in [-0.2, -0.15) is 0 Å². The van der Waals surface area contributed by atoms with Crippen molar-refractivity contribution in [3.8, 4) is 0 Å². The lowest BCUT2D eigenvalue weighted by Crippen LogP contribution is -2.14. The number of allylic oxidation sites excluding steroid dienone is 2. The van der Waals surface area contributed by atoms with Gasteiger partial charge < -0.3 is 10.4 Å². The van der Waals surface area contributed by atoms with Crippen LogP contribution in [0.3, 0.4) is 0 Å². The molecular weight excluding hydrogens is 370 g/mol. The van der Waals surface area contributed by atoms with E-state index in [1.54, 1.807) is 0 Å². The van der Waals surface area contributed by atoms with Crippen molar-refractivity contribution in [2.45, 2.75) is 145 Å². The molecule has 0 fully saturated rings. The van der Waals surface area contributed by atoms with Crippen molar-refractivity contribution in [3.05, 3.63) is 12.2 Å². The number of unbranched alkanes of at least 4 members (excludes halogenated alkanes) is 9. The largest absolute Gasteiger partial charge is 0.395 e. The molecule has 3 heteroatoms. The van der Waals surface area contributed by atoms with Gasteiger partial charge in [-0.3, -0.25) is 4.79 Å². The van der Waals surface area contributed by atoms with Gasteiger partial charge in [-0.15, -0.1) is 0 Å². The van der Waals surface area contributed by atoms with E-state index in [4.69, 9.17) is 5.11 Å². The number of aliphatic hydroxyl groups is 1. The van der Waals surface area contributed by atoms with Gasteiger partial charge in [-0.1, -0.05) is 145 Å². The van der Waals surface area contributed by atoms with Crippen LogP contribution in [0.4, 0.5) is 0 Å². The number of nitrogens with one attached hydrogen (secondary N) is 1. The minimum atomic E-state index is 0.0126. The number of carbonyl (C=O) groups excluding carboxylic acids is 1. The second kappa shape index (κ2) is 56.6. The summed E-state index contributed by atoms with van der Waals surface area (Å²) in [5.41, 5.74) is 0. The Hall–Kier alpha value is -0.830. The molecule has 0 aliphatic rings. The fraction of sp³-hybridized carbons (Fsp3) is 0.889. The highest BCUT2D eigenvalue weighted by molar-refractivity contribution is 5.45. The van der Waals surface area contributed by atoms with Crippen molar-refractivity contribution in [1.29, 1.82) is 0 Å². The van der Waals surface area contributed by atoms with Crippen LogP contribution in [0, 0.1) is 0 Å². The molecule has 0 aromatic heterocycles. The summed E-state index contributed by atoms with van der Waals surface area (Å²) in [6.07, 6.45) is 23.9. The molecule has 0 radical (unpaired) electrons. The zero-order valence-corrected chi connectivity index (χ0v) is 22.4. The minimum absolute atomic E-state index is 0.0126. The van der Waals surface area contributed by atoms with Crippen molar-refractivity contribution >= 4 is 6.41 Å². The Morgan fingerprint density at radius 1 is 0.567 bits per heavy atom. The third-order valence-corrected chi connectivity index (χ3v) is 3.89. The number of aliphatic hydroxyl groups excluding tert-OH is 1. The Morgan fingerprint density at radius 3 is 1.07 bits per heavy atom. The molecule has 0 aliphatic carbocycles. The zero-order valence-electron chi connectivity index (χ0n) is 22.4. The SMILES string of the molecule is CC/C=C\CC.CCCC.CCCCCC.CCCCCCCC.O=CNCCO. The molecule has 0 aromatic rings. The molecule has 2 N–H and O–H groups in total. The highest BCUT2D eigenvalue weighted by Crippen LogP contribution is 2.03. The molecule has 0 bridgehead atoms. The van der Waals surface area contributed by atoms with Crippen LogP contribution < -0.4 is 5.32 Å². The van der Waals surface area contributed by atoms with Gasteiger partial charge in [-0.25, -0.2) is 0 Å². The molecule has 0 saturated heterocycles. The second-order valence-electron chi connectivity index (χ2n) is 7.20. The van der Waals surface area contributed by atoms with E-state index >= 15 is 0 Å². The van der Waals surface area contributed by atoms with Crippen LogP contribution in [0.5, 0.6) is 0 Å². The first kappa shape index (κ1) is 39.6. The number of amides is 1. The molecule has 0 aliphatic heterocycles. The summed E-state index contributed by atoms with van der Waals surface area (Å²) in [7, 11) is 0. The van der Waals surface area contributed by atoms with Gasteiger partial charge in [0.15, 0.2) is 0 Å². The van der Waals surface area contributed by atoms with Crippen LogP contribution in [-0.2, 0) is 4.79 Å². The van der Waals surface area contributed by atoms with Gasteiger partial charge in [-0.05, 0) is 12.8 Å². The molecule has 0 rings (SSSR count). The summed E-state index contributed by atoms with van der Waals surface area (Å²) in [6.45, 7) is 18.0. The zero-order chi connectivity index (χ0) is 24.1. The molecule has 3 nitrogen and oxygen atoms in total. The normalized spacial score (nSPS) is 8.97. The summed E-state index contributed by atoms with van der Waals surface area (Å²) >= 11 is 0.